The summed E-state index contributed by atoms with van der Waals surface area (Å²) in [5, 5.41) is 13.5. The van der Waals surface area contributed by atoms with Crippen molar-refractivity contribution >= 4 is 28.3 Å². The zero-order chi connectivity index (χ0) is 14.5. The average molecular weight is 288 g/mol. The van der Waals surface area contributed by atoms with Gasteiger partial charge in [-0.1, -0.05) is 49.2 Å². The van der Waals surface area contributed by atoms with Gasteiger partial charge in [0.2, 0.25) is 0 Å². The maximum Gasteiger partial charge on any atom is 0.254 e. The molecule has 1 atom stereocenters. The normalized spacial score (nSPS) is 11.8. The van der Waals surface area contributed by atoms with Gasteiger partial charge in [-0.15, -0.1) is 0 Å². The molecule has 0 bridgehead atoms. The molecule has 0 aliphatic rings. The minimum atomic E-state index is -0.484. The van der Waals surface area contributed by atoms with Gasteiger partial charge in [0, 0.05) is 11.6 Å². The van der Waals surface area contributed by atoms with Gasteiger partial charge in [-0.05, 0) is 11.8 Å². The van der Waals surface area contributed by atoms with Gasteiger partial charge in [0.05, 0.1) is 11.6 Å². The number of carbonyl (C=O) groups is 1. The van der Waals surface area contributed by atoms with E-state index in [1.54, 1.807) is 0 Å². The number of hydrogen-bond acceptors (Lipinski definition) is 3. The van der Waals surface area contributed by atoms with Crippen molar-refractivity contribution < 1.29 is 4.79 Å². The van der Waals surface area contributed by atoms with E-state index in [9.17, 15) is 4.79 Å². The Morgan fingerprint density at radius 3 is 2.80 bits per heavy atom. The van der Waals surface area contributed by atoms with E-state index < -0.39 is 6.04 Å². The molecule has 20 heavy (non-hydrogen) atoms. The van der Waals surface area contributed by atoms with Crippen molar-refractivity contribution in [1.29, 1.82) is 5.26 Å². The molecule has 1 unspecified atom stereocenters. The van der Waals surface area contributed by atoms with Gasteiger partial charge in [-0.3, -0.25) is 4.79 Å². The Labute approximate surface area is 122 Å². The number of carbonyl (C=O) groups excluding carboxylic acids is 1. The molecule has 0 fully saturated rings. The maximum atomic E-state index is 12.3. The molecule has 0 saturated heterocycles. The summed E-state index contributed by atoms with van der Waals surface area (Å²) in [7, 11) is 0. The van der Waals surface area contributed by atoms with Crippen molar-refractivity contribution in [2.45, 2.75) is 25.8 Å². The second-order valence-corrected chi connectivity index (χ2v) is 4.81. The summed E-state index contributed by atoms with van der Waals surface area (Å²) in [4.78, 5) is 16.3. The first-order valence-electron chi connectivity index (χ1n) is 6.41. The highest BCUT2D eigenvalue weighted by molar-refractivity contribution is 6.34. The summed E-state index contributed by atoms with van der Waals surface area (Å²) in [6.07, 6.45) is 2.90. The Hall–Kier alpha value is -2.12. The second-order valence-electron chi connectivity index (χ2n) is 4.45. The van der Waals surface area contributed by atoms with Crippen LogP contribution in [0.1, 0.15) is 30.1 Å². The Balaban J connectivity index is 2.36. The van der Waals surface area contributed by atoms with Crippen LogP contribution in [0.2, 0.25) is 5.15 Å². The monoisotopic (exact) mass is 287 g/mol. The van der Waals surface area contributed by atoms with E-state index in [1.807, 2.05) is 31.2 Å². The minimum Gasteiger partial charge on any atom is -0.336 e. The lowest BCUT2D eigenvalue weighted by Crippen LogP contribution is -2.33. The van der Waals surface area contributed by atoms with Crippen LogP contribution < -0.4 is 5.32 Å². The van der Waals surface area contributed by atoms with E-state index in [0.717, 1.165) is 17.2 Å². The largest absolute Gasteiger partial charge is 0.336 e. The second kappa shape index (κ2) is 6.36. The van der Waals surface area contributed by atoms with Gasteiger partial charge in [-0.25, -0.2) is 4.98 Å². The quantitative estimate of drug-likeness (QED) is 0.877. The predicted molar refractivity (Wildman–Crippen MR) is 78.5 cm³/mol. The van der Waals surface area contributed by atoms with Gasteiger partial charge in [0.1, 0.15) is 11.2 Å². The smallest absolute Gasteiger partial charge is 0.254 e. The maximum absolute atomic E-state index is 12.3. The minimum absolute atomic E-state index is 0.301. The first-order chi connectivity index (χ1) is 9.67. The molecular formula is C15H14ClN3O. The van der Waals surface area contributed by atoms with Crippen LogP contribution in [-0.2, 0) is 0 Å². The predicted octanol–water partition coefficient (Wildman–Crippen LogP) is 3.31. The first kappa shape index (κ1) is 14.3. The van der Waals surface area contributed by atoms with Crippen molar-refractivity contribution in [2.75, 3.05) is 0 Å². The number of benzene rings is 1. The van der Waals surface area contributed by atoms with Crippen molar-refractivity contribution in [1.82, 2.24) is 10.3 Å². The molecule has 1 aromatic heterocycles. The van der Waals surface area contributed by atoms with E-state index in [-0.39, 0.29) is 5.91 Å². The highest BCUT2D eigenvalue weighted by Crippen LogP contribution is 2.24. The van der Waals surface area contributed by atoms with Gasteiger partial charge < -0.3 is 5.32 Å². The topological polar surface area (TPSA) is 65.8 Å². The zero-order valence-electron chi connectivity index (χ0n) is 11.1. The number of fused-ring (bicyclic) bond motifs is 1. The third-order valence-electron chi connectivity index (χ3n) is 3.03. The van der Waals surface area contributed by atoms with E-state index in [2.05, 4.69) is 16.4 Å². The van der Waals surface area contributed by atoms with Gasteiger partial charge in [0.25, 0.3) is 5.91 Å². The molecule has 0 aliphatic carbocycles. The van der Waals surface area contributed by atoms with Gasteiger partial charge >= 0.3 is 0 Å². The molecule has 4 nitrogen and oxygen atoms in total. The average Bonchev–Trinajstić information content (AvgIpc) is 2.47. The van der Waals surface area contributed by atoms with E-state index in [1.165, 1.54) is 6.20 Å². The summed E-state index contributed by atoms with van der Waals surface area (Å²) in [6, 6.07) is 8.91. The molecule has 1 aromatic carbocycles. The Morgan fingerprint density at radius 1 is 1.45 bits per heavy atom. The fourth-order valence-electron chi connectivity index (χ4n) is 2.03. The number of nitrogens with one attached hydrogen (secondary N) is 1. The zero-order valence-corrected chi connectivity index (χ0v) is 11.8. The number of hydrogen-bond donors (Lipinski definition) is 1. The van der Waals surface area contributed by atoms with Crippen LogP contribution >= 0.6 is 11.6 Å². The van der Waals surface area contributed by atoms with Crippen LogP contribution in [0.25, 0.3) is 10.8 Å². The van der Waals surface area contributed by atoms with Gasteiger partial charge in [-0.2, -0.15) is 5.26 Å². The molecule has 102 valence electrons. The summed E-state index contributed by atoms with van der Waals surface area (Å²) < 4.78 is 0. The summed E-state index contributed by atoms with van der Waals surface area (Å²) >= 11 is 6.02. The standard InChI is InChI=1S/C15H14ClN3O/c1-2-5-10(8-17)19-15(20)13-9-18-14(16)12-7-4-3-6-11(12)13/h3-4,6-7,9-10H,2,5H2,1H3,(H,19,20). The van der Waals surface area contributed by atoms with Crippen LogP contribution in [0.5, 0.6) is 0 Å². The highest BCUT2D eigenvalue weighted by atomic mass is 35.5. The number of pyridine rings is 1. The number of rotatable bonds is 4. The van der Waals surface area contributed by atoms with Crippen LogP contribution in [0.15, 0.2) is 30.5 Å². The lowest BCUT2D eigenvalue weighted by molar-refractivity contribution is 0.0945. The molecule has 1 heterocycles. The van der Waals surface area contributed by atoms with Gasteiger partial charge in [0.15, 0.2) is 0 Å². The summed E-state index contributed by atoms with van der Waals surface area (Å²) in [5.74, 6) is -0.301. The third-order valence-corrected chi connectivity index (χ3v) is 3.33. The third kappa shape index (κ3) is 2.89. The Kier molecular flexibility index (Phi) is 4.54. The molecule has 1 N–H and O–H groups in total. The lowest BCUT2D eigenvalue weighted by Gasteiger charge is -2.12. The van der Waals surface area contributed by atoms with Crippen LogP contribution in [-0.4, -0.2) is 16.9 Å². The number of nitriles is 1. The molecule has 0 spiro atoms. The molecule has 2 rings (SSSR count). The first-order valence-corrected chi connectivity index (χ1v) is 6.79. The number of nitrogens with zero attached hydrogens (tertiary/aromatic N) is 2. The Bertz CT molecular complexity index is 678. The van der Waals surface area contributed by atoms with Crippen molar-refractivity contribution in [3.05, 3.63) is 41.2 Å². The fraction of sp³-hybridized carbons (Fsp3) is 0.267. The SMILES string of the molecule is CCCC(C#N)NC(=O)c1cnc(Cl)c2ccccc12. The van der Waals surface area contributed by atoms with Crippen molar-refractivity contribution in [2.24, 2.45) is 0 Å². The fourth-order valence-corrected chi connectivity index (χ4v) is 2.25. The molecule has 0 saturated carbocycles. The molecule has 1 amide bonds. The molecule has 0 aliphatic heterocycles. The number of aromatic nitrogens is 1. The lowest BCUT2D eigenvalue weighted by atomic mass is 10.1. The van der Waals surface area contributed by atoms with E-state index >= 15 is 0 Å². The Morgan fingerprint density at radius 2 is 2.15 bits per heavy atom. The molecule has 0 radical (unpaired) electrons. The van der Waals surface area contributed by atoms with E-state index in [0.29, 0.717) is 17.1 Å². The van der Waals surface area contributed by atoms with Crippen molar-refractivity contribution in [3.63, 3.8) is 0 Å². The summed E-state index contributed by atoms with van der Waals surface area (Å²) in [6.45, 7) is 1.97. The molecular weight excluding hydrogens is 274 g/mol. The van der Waals surface area contributed by atoms with Crippen LogP contribution in [0.4, 0.5) is 0 Å². The number of amides is 1. The van der Waals surface area contributed by atoms with Crippen LogP contribution in [0, 0.1) is 11.3 Å². The van der Waals surface area contributed by atoms with E-state index in [4.69, 9.17) is 16.9 Å². The highest BCUT2D eigenvalue weighted by Gasteiger charge is 2.16. The summed E-state index contributed by atoms with van der Waals surface area (Å²) in [5.41, 5.74) is 0.432. The van der Waals surface area contributed by atoms with Crippen LogP contribution in [0.3, 0.4) is 0 Å². The molecule has 2 aromatic rings. The van der Waals surface area contributed by atoms with Crippen molar-refractivity contribution in [3.8, 4) is 6.07 Å². The molecule has 5 heteroatoms. The number of halogens is 1.